The summed E-state index contributed by atoms with van der Waals surface area (Å²) in [6.07, 6.45) is 0. The third-order valence-corrected chi connectivity index (χ3v) is 3.51. The van der Waals surface area contributed by atoms with E-state index in [0.717, 1.165) is 23.7 Å². The number of hydrogen-bond acceptors (Lipinski definition) is 5. The molecule has 1 aromatic carbocycles. The van der Waals surface area contributed by atoms with Crippen LogP contribution in [0.1, 0.15) is 0 Å². The van der Waals surface area contributed by atoms with Crippen LogP contribution in [0, 0.1) is 0 Å². The molecule has 0 fully saturated rings. The zero-order valence-electron chi connectivity index (χ0n) is 12.0. The van der Waals surface area contributed by atoms with Crippen molar-refractivity contribution >= 4 is 17.7 Å². The number of nitrogens with one attached hydrogen (secondary N) is 2. The van der Waals surface area contributed by atoms with E-state index in [2.05, 4.69) is 10.6 Å². The van der Waals surface area contributed by atoms with Crippen molar-refractivity contribution < 1.29 is 14.3 Å². The molecule has 5 nitrogen and oxygen atoms in total. The fourth-order valence-electron chi connectivity index (χ4n) is 1.48. The lowest BCUT2D eigenvalue weighted by molar-refractivity contribution is -0.118. The van der Waals surface area contributed by atoms with Crippen LogP contribution < -0.4 is 15.4 Å². The molecule has 0 heterocycles. The molecular weight excluding hydrogens is 276 g/mol. The third kappa shape index (κ3) is 7.37. The van der Waals surface area contributed by atoms with Gasteiger partial charge in [-0.2, -0.15) is 0 Å². The van der Waals surface area contributed by atoms with Crippen LogP contribution in [0.25, 0.3) is 0 Å². The van der Waals surface area contributed by atoms with Gasteiger partial charge in [0.1, 0.15) is 5.75 Å². The smallest absolute Gasteiger partial charge is 0.230 e. The Morgan fingerprint density at radius 1 is 1.25 bits per heavy atom. The highest BCUT2D eigenvalue weighted by Crippen LogP contribution is 2.22. The summed E-state index contributed by atoms with van der Waals surface area (Å²) in [4.78, 5) is 12.7. The van der Waals surface area contributed by atoms with Crippen LogP contribution in [0.3, 0.4) is 0 Å². The van der Waals surface area contributed by atoms with E-state index in [9.17, 15) is 4.79 Å². The van der Waals surface area contributed by atoms with Crippen molar-refractivity contribution in [1.82, 2.24) is 10.6 Å². The summed E-state index contributed by atoms with van der Waals surface area (Å²) in [6, 6.07) is 7.69. The second-order valence-electron chi connectivity index (χ2n) is 4.06. The van der Waals surface area contributed by atoms with Crippen LogP contribution in [-0.4, -0.2) is 52.1 Å². The van der Waals surface area contributed by atoms with E-state index in [0.29, 0.717) is 18.9 Å². The second-order valence-corrected chi connectivity index (χ2v) is 5.11. The predicted molar refractivity (Wildman–Crippen MR) is 81.5 cm³/mol. The van der Waals surface area contributed by atoms with E-state index in [4.69, 9.17) is 9.47 Å². The van der Waals surface area contributed by atoms with Gasteiger partial charge >= 0.3 is 0 Å². The number of thioether (sulfide) groups is 1. The van der Waals surface area contributed by atoms with Crippen LogP contribution in [0.2, 0.25) is 0 Å². The van der Waals surface area contributed by atoms with Crippen molar-refractivity contribution in [2.45, 2.75) is 4.90 Å². The molecule has 0 unspecified atom stereocenters. The normalized spacial score (nSPS) is 10.3. The van der Waals surface area contributed by atoms with Gasteiger partial charge in [-0.05, 0) is 18.2 Å². The summed E-state index contributed by atoms with van der Waals surface area (Å²) in [5.41, 5.74) is 0. The summed E-state index contributed by atoms with van der Waals surface area (Å²) in [5, 5.41) is 6.03. The van der Waals surface area contributed by atoms with Crippen LogP contribution in [0.4, 0.5) is 0 Å². The van der Waals surface area contributed by atoms with Crippen molar-refractivity contribution in [2.24, 2.45) is 0 Å². The topological polar surface area (TPSA) is 59.6 Å². The fraction of sp³-hybridized carbons (Fsp3) is 0.500. The molecule has 2 N–H and O–H groups in total. The van der Waals surface area contributed by atoms with Gasteiger partial charge in [0.25, 0.3) is 0 Å². The zero-order valence-corrected chi connectivity index (χ0v) is 12.8. The summed E-state index contributed by atoms with van der Waals surface area (Å²) >= 11 is 1.50. The Labute approximate surface area is 124 Å². The largest absolute Gasteiger partial charge is 0.497 e. The molecule has 0 aromatic heterocycles. The molecule has 0 spiro atoms. The molecule has 0 saturated heterocycles. The first-order valence-electron chi connectivity index (χ1n) is 6.49. The Balaban J connectivity index is 2.13. The maximum atomic E-state index is 11.6. The van der Waals surface area contributed by atoms with E-state index in [1.54, 1.807) is 14.2 Å². The number of carbonyl (C=O) groups is 1. The van der Waals surface area contributed by atoms with Gasteiger partial charge in [0.15, 0.2) is 0 Å². The highest BCUT2D eigenvalue weighted by atomic mass is 32.2. The highest BCUT2D eigenvalue weighted by Gasteiger charge is 2.03. The Kier molecular flexibility index (Phi) is 8.86. The molecule has 1 rings (SSSR count). The first kappa shape index (κ1) is 16.8. The molecule has 1 aromatic rings. The van der Waals surface area contributed by atoms with Crippen molar-refractivity contribution in [1.29, 1.82) is 0 Å². The lowest BCUT2D eigenvalue weighted by Crippen LogP contribution is -2.33. The minimum atomic E-state index is 0.0337. The number of carbonyl (C=O) groups excluding carboxylic acids is 1. The molecule has 1 amide bonds. The second kappa shape index (κ2) is 10.5. The highest BCUT2D eigenvalue weighted by molar-refractivity contribution is 8.00. The van der Waals surface area contributed by atoms with Crippen molar-refractivity contribution in [3.8, 4) is 5.75 Å². The number of rotatable bonds is 10. The predicted octanol–water partition coefficient (Wildman–Crippen LogP) is 1.14. The van der Waals surface area contributed by atoms with Gasteiger partial charge < -0.3 is 20.1 Å². The van der Waals surface area contributed by atoms with Gasteiger partial charge in [-0.15, -0.1) is 11.8 Å². The van der Waals surface area contributed by atoms with Crippen LogP contribution in [0.15, 0.2) is 29.2 Å². The first-order valence-corrected chi connectivity index (χ1v) is 7.48. The summed E-state index contributed by atoms with van der Waals surface area (Å²) < 4.78 is 10.1. The third-order valence-electron chi connectivity index (χ3n) is 2.52. The van der Waals surface area contributed by atoms with E-state index in [1.807, 2.05) is 24.3 Å². The van der Waals surface area contributed by atoms with Gasteiger partial charge in [0.05, 0.1) is 19.5 Å². The SMILES string of the molecule is COCCNCCNC(=O)CSc1cccc(OC)c1. The molecule has 6 heteroatoms. The van der Waals surface area contributed by atoms with Crippen LogP contribution >= 0.6 is 11.8 Å². The van der Waals surface area contributed by atoms with Gasteiger partial charge in [0, 0.05) is 31.6 Å². The Bertz CT molecular complexity index is 402. The maximum absolute atomic E-state index is 11.6. The number of methoxy groups -OCH3 is 2. The average molecular weight is 298 g/mol. The first-order chi connectivity index (χ1) is 9.76. The number of benzene rings is 1. The van der Waals surface area contributed by atoms with Gasteiger partial charge in [0.2, 0.25) is 5.91 Å². The van der Waals surface area contributed by atoms with Crippen LogP contribution in [-0.2, 0) is 9.53 Å². The Morgan fingerprint density at radius 2 is 2.10 bits per heavy atom. The fourth-order valence-corrected chi connectivity index (χ4v) is 2.25. The van der Waals surface area contributed by atoms with E-state index < -0.39 is 0 Å². The summed E-state index contributed by atoms with van der Waals surface area (Å²) in [6.45, 7) is 2.85. The standard InChI is InChI=1S/C14H22N2O3S/c1-18-9-8-15-6-7-16-14(17)11-20-13-5-3-4-12(10-13)19-2/h3-5,10,15H,6-9,11H2,1-2H3,(H,16,17). The minimum Gasteiger partial charge on any atom is -0.497 e. The molecule has 0 aliphatic heterocycles. The van der Waals surface area contributed by atoms with Crippen molar-refractivity contribution in [3.05, 3.63) is 24.3 Å². The monoisotopic (exact) mass is 298 g/mol. The maximum Gasteiger partial charge on any atom is 0.230 e. The Morgan fingerprint density at radius 3 is 2.85 bits per heavy atom. The number of amides is 1. The van der Waals surface area contributed by atoms with E-state index in [1.165, 1.54) is 11.8 Å². The molecule has 0 aliphatic rings. The molecule has 0 aliphatic carbocycles. The lowest BCUT2D eigenvalue weighted by atomic mass is 10.3. The minimum absolute atomic E-state index is 0.0337. The molecule has 0 bridgehead atoms. The van der Waals surface area contributed by atoms with Gasteiger partial charge in [-0.3, -0.25) is 4.79 Å². The van der Waals surface area contributed by atoms with Crippen molar-refractivity contribution in [2.75, 3.05) is 46.2 Å². The number of ether oxygens (including phenoxy) is 2. The Hall–Kier alpha value is -1.24. The quantitative estimate of drug-likeness (QED) is 0.501. The van der Waals surface area contributed by atoms with Gasteiger partial charge in [-0.25, -0.2) is 0 Å². The zero-order chi connectivity index (χ0) is 14.6. The molecule has 20 heavy (non-hydrogen) atoms. The molecule has 0 radical (unpaired) electrons. The average Bonchev–Trinajstić information content (AvgIpc) is 2.49. The number of hydrogen-bond donors (Lipinski definition) is 2. The van der Waals surface area contributed by atoms with Crippen molar-refractivity contribution in [3.63, 3.8) is 0 Å². The molecular formula is C14H22N2O3S. The van der Waals surface area contributed by atoms with Crippen LogP contribution in [0.5, 0.6) is 5.75 Å². The van der Waals surface area contributed by atoms with E-state index >= 15 is 0 Å². The summed E-state index contributed by atoms with van der Waals surface area (Å²) in [7, 11) is 3.30. The molecule has 0 atom stereocenters. The summed E-state index contributed by atoms with van der Waals surface area (Å²) in [5.74, 6) is 1.25. The molecule has 0 saturated carbocycles. The van der Waals surface area contributed by atoms with Gasteiger partial charge in [-0.1, -0.05) is 6.07 Å². The lowest BCUT2D eigenvalue weighted by Gasteiger charge is -2.07. The molecule has 112 valence electrons. The van der Waals surface area contributed by atoms with E-state index in [-0.39, 0.29) is 5.91 Å².